The molecule has 5 aromatic rings. The molecule has 0 radical (unpaired) electrons. The molecule has 35 heavy (non-hydrogen) atoms. The van der Waals surface area contributed by atoms with E-state index in [-0.39, 0.29) is 12.0 Å². The number of carbonyl (C=O) groups is 2. The highest BCUT2D eigenvalue weighted by Crippen LogP contribution is 2.26. The van der Waals surface area contributed by atoms with Crippen molar-refractivity contribution in [2.75, 3.05) is 0 Å². The van der Waals surface area contributed by atoms with Crippen molar-refractivity contribution in [2.24, 2.45) is 0 Å². The first-order valence-electron chi connectivity index (χ1n) is 10.7. The summed E-state index contributed by atoms with van der Waals surface area (Å²) in [6, 6.07) is 23.0. The molecule has 0 spiro atoms. The van der Waals surface area contributed by atoms with Gasteiger partial charge in [-0.2, -0.15) is 5.10 Å². The monoisotopic (exact) mass is 483 g/mol. The number of carbonyl (C=O) groups excluding carboxylic acids is 2. The summed E-state index contributed by atoms with van der Waals surface area (Å²) < 4.78 is 1.40. The number of halogens is 1. The van der Waals surface area contributed by atoms with Gasteiger partial charge in [-0.25, -0.2) is 4.98 Å². The second-order valence-electron chi connectivity index (χ2n) is 7.77. The lowest BCUT2D eigenvalue weighted by Gasteiger charge is -2.12. The normalized spacial score (nSPS) is 10.9. The summed E-state index contributed by atoms with van der Waals surface area (Å²) in [6.07, 6.45) is 1.16. The van der Waals surface area contributed by atoms with Crippen molar-refractivity contribution in [1.82, 2.24) is 25.6 Å². The molecule has 9 heteroatoms. The van der Waals surface area contributed by atoms with Crippen LogP contribution < -0.4 is 16.3 Å². The number of amides is 2. The van der Waals surface area contributed by atoms with E-state index in [2.05, 4.69) is 20.9 Å². The fourth-order valence-corrected chi connectivity index (χ4v) is 3.91. The van der Waals surface area contributed by atoms with Crippen LogP contribution in [0, 0.1) is 0 Å². The van der Waals surface area contributed by atoms with Gasteiger partial charge < -0.3 is 0 Å². The fraction of sp³-hybridized carbons (Fsp3) is 0.0385. The van der Waals surface area contributed by atoms with Gasteiger partial charge in [0.15, 0.2) is 0 Å². The number of pyridine rings is 1. The minimum absolute atomic E-state index is 0.186. The van der Waals surface area contributed by atoms with E-state index in [0.717, 1.165) is 11.8 Å². The Morgan fingerprint density at radius 3 is 2.40 bits per heavy atom. The van der Waals surface area contributed by atoms with Gasteiger partial charge in [0.05, 0.1) is 28.5 Å². The molecule has 3 aromatic carbocycles. The molecule has 5 rings (SSSR count). The summed E-state index contributed by atoms with van der Waals surface area (Å²) in [5, 5.41) is 5.73. The molecule has 2 N–H and O–H groups in total. The zero-order chi connectivity index (χ0) is 24.4. The molecule has 8 nitrogen and oxygen atoms in total. The SMILES string of the molecule is O=C(Cn1ncc(=O)c2ccccc21)NNC(=O)c1cc(-c2ccc(Cl)cc2)nc2ccccc12. The summed E-state index contributed by atoms with van der Waals surface area (Å²) >= 11 is 6.00. The van der Waals surface area contributed by atoms with E-state index in [9.17, 15) is 14.4 Å². The summed E-state index contributed by atoms with van der Waals surface area (Å²) in [5.41, 5.74) is 7.58. The van der Waals surface area contributed by atoms with Gasteiger partial charge in [0.2, 0.25) is 5.43 Å². The number of nitrogens with one attached hydrogen (secondary N) is 2. The molecule has 0 aliphatic heterocycles. The summed E-state index contributed by atoms with van der Waals surface area (Å²) in [5.74, 6) is -0.999. The quantitative estimate of drug-likeness (QED) is 0.379. The lowest BCUT2D eigenvalue weighted by Crippen LogP contribution is -2.43. The topological polar surface area (TPSA) is 106 Å². The van der Waals surface area contributed by atoms with Gasteiger partial charge in [0, 0.05) is 21.4 Å². The maximum atomic E-state index is 13.1. The smallest absolute Gasteiger partial charge is 0.270 e. The summed E-state index contributed by atoms with van der Waals surface area (Å²) in [6.45, 7) is -0.186. The minimum atomic E-state index is -0.504. The van der Waals surface area contributed by atoms with Crippen LogP contribution in [-0.2, 0) is 11.3 Å². The maximum Gasteiger partial charge on any atom is 0.270 e. The molecule has 0 fully saturated rings. The third kappa shape index (κ3) is 4.60. The van der Waals surface area contributed by atoms with Crippen LogP contribution in [0.5, 0.6) is 0 Å². The molecule has 0 aliphatic rings. The van der Waals surface area contributed by atoms with Crippen LogP contribution >= 0.6 is 11.6 Å². The number of rotatable bonds is 4. The van der Waals surface area contributed by atoms with Crippen LogP contribution in [0.25, 0.3) is 33.1 Å². The average Bonchev–Trinajstić information content (AvgIpc) is 2.89. The number of para-hydroxylation sites is 2. The number of fused-ring (bicyclic) bond motifs is 2. The van der Waals surface area contributed by atoms with Crippen LogP contribution in [0.2, 0.25) is 5.02 Å². The van der Waals surface area contributed by atoms with Crippen molar-refractivity contribution in [3.8, 4) is 11.3 Å². The van der Waals surface area contributed by atoms with Gasteiger partial charge in [0.25, 0.3) is 11.8 Å². The van der Waals surface area contributed by atoms with Gasteiger partial charge in [-0.3, -0.25) is 29.9 Å². The van der Waals surface area contributed by atoms with Crippen LogP contribution in [0.4, 0.5) is 0 Å². The highest BCUT2D eigenvalue weighted by molar-refractivity contribution is 6.30. The van der Waals surface area contributed by atoms with Crippen LogP contribution in [0.15, 0.2) is 89.9 Å². The van der Waals surface area contributed by atoms with Crippen molar-refractivity contribution in [2.45, 2.75) is 6.54 Å². The number of benzene rings is 3. The van der Waals surface area contributed by atoms with Gasteiger partial charge in [-0.15, -0.1) is 0 Å². The second-order valence-corrected chi connectivity index (χ2v) is 8.20. The Kier molecular flexibility index (Phi) is 5.95. The molecule has 0 aliphatic carbocycles. The third-order valence-corrected chi connectivity index (χ3v) is 5.72. The van der Waals surface area contributed by atoms with E-state index < -0.39 is 11.8 Å². The molecule has 0 saturated carbocycles. The molecule has 2 aromatic heterocycles. The molecular weight excluding hydrogens is 466 g/mol. The van der Waals surface area contributed by atoms with E-state index in [1.54, 1.807) is 48.5 Å². The zero-order valence-corrected chi connectivity index (χ0v) is 19.0. The van der Waals surface area contributed by atoms with Crippen LogP contribution in [0.3, 0.4) is 0 Å². The Hall–Kier alpha value is -4.56. The lowest BCUT2D eigenvalue weighted by molar-refractivity contribution is -0.122. The Balaban J connectivity index is 1.38. The predicted octanol–water partition coefficient (Wildman–Crippen LogP) is 3.73. The Morgan fingerprint density at radius 2 is 1.60 bits per heavy atom. The number of hydrogen-bond donors (Lipinski definition) is 2. The standard InChI is InChI=1S/C26H18ClN5O3/c27-17-11-9-16(10-12-17)22-13-20(18-5-1-3-7-21(18)29-22)26(35)31-30-25(34)15-32-23-8-4-2-6-19(23)24(33)14-28-32/h1-14H,15H2,(H,30,34)(H,31,35). The van der Waals surface area contributed by atoms with Crippen molar-refractivity contribution >= 4 is 45.2 Å². The molecule has 2 heterocycles. The fourth-order valence-electron chi connectivity index (χ4n) is 3.79. The number of aromatic nitrogens is 3. The van der Waals surface area contributed by atoms with Gasteiger partial charge in [-0.1, -0.05) is 54.1 Å². The molecule has 0 unspecified atom stereocenters. The van der Waals surface area contributed by atoms with Gasteiger partial charge in [0.1, 0.15) is 6.54 Å². The highest BCUT2D eigenvalue weighted by atomic mass is 35.5. The Bertz CT molecular complexity index is 1650. The predicted molar refractivity (Wildman–Crippen MR) is 134 cm³/mol. The third-order valence-electron chi connectivity index (χ3n) is 5.47. The van der Waals surface area contributed by atoms with E-state index in [1.165, 1.54) is 4.68 Å². The number of hydrogen-bond acceptors (Lipinski definition) is 5. The zero-order valence-electron chi connectivity index (χ0n) is 18.2. The van der Waals surface area contributed by atoms with Crippen LogP contribution in [0.1, 0.15) is 10.4 Å². The second kappa shape index (κ2) is 9.36. The van der Waals surface area contributed by atoms with Gasteiger partial charge >= 0.3 is 0 Å². The summed E-state index contributed by atoms with van der Waals surface area (Å²) in [4.78, 5) is 42.3. The minimum Gasteiger partial charge on any atom is -0.287 e. The Labute approximate surface area is 204 Å². The maximum absolute atomic E-state index is 13.1. The molecule has 0 atom stereocenters. The first kappa shape index (κ1) is 22.2. The molecule has 0 bridgehead atoms. The summed E-state index contributed by atoms with van der Waals surface area (Å²) in [7, 11) is 0. The van der Waals surface area contributed by atoms with Crippen molar-refractivity contribution in [3.63, 3.8) is 0 Å². The number of nitrogens with zero attached hydrogens (tertiary/aromatic N) is 3. The number of hydrazine groups is 1. The van der Waals surface area contributed by atoms with Crippen molar-refractivity contribution < 1.29 is 9.59 Å². The van der Waals surface area contributed by atoms with Gasteiger partial charge in [-0.05, 0) is 36.4 Å². The lowest BCUT2D eigenvalue weighted by atomic mass is 10.0. The largest absolute Gasteiger partial charge is 0.287 e. The van der Waals surface area contributed by atoms with Crippen molar-refractivity contribution in [1.29, 1.82) is 0 Å². The molecule has 2 amide bonds. The highest BCUT2D eigenvalue weighted by Gasteiger charge is 2.15. The van der Waals surface area contributed by atoms with Crippen molar-refractivity contribution in [3.05, 3.63) is 106 Å². The Morgan fingerprint density at radius 1 is 0.886 bits per heavy atom. The molecular formula is C26H18ClN5O3. The van der Waals surface area contributed by atoms with Crippen LogP contribution in [-0.4, -0.2) is 26.6 Å². The average molecular weight is 484 g/mol. The molecule has 0 saturated heterocycles. The van der Waals surface area contributed by atoms with E-state index >= 15 is 0 Å². The first-order chi connectivity index (χ1) is 17.0. The van der Waals surface area contributed by atoms with E-state index in [4.69, 9.17) is 11.6 Å². The van der Waals surface area contributed by atoms with E-state index in [1.807, 2.05) is 30.3 Å². The van der Waals surface area contributed by atoms with E-state index in [0.29, 0.717) is 38.1 Å². The first-order valence-corrected chi connectivity index (χ1v) is 11.1. The molecule has 172 valence electrons.